The van der Waals surface area contributed by atoms with E-state index in [-0.39, 0.29) is 11.9 Å². The van der Waals surface area contributed by atoms with Crippen molar-refractivity contribution in [1.29, 1.82) is 0 Å². The van der Waals surface area contributed by atoms with Crippen molar-refractivity contribution in [2.45, 2.75) is 39.7 Å². The van der Waals surface area contributed by atoms with E-state index < -0.39 is 6.04 Å². The largest absolute Gasteiger partial charge is 0.465 e. The van der Waals surface area contributed by atoms with Crippen molar-refractivity contribution >= 4 is 29.3 Å². The lowest BCUT2D eigenvalue weighted by Crippen LogP contribution is -2.51. The van der Waals surface area contributed by atoms with Crippen molar-refractivity contribution in [2.24, 2.45) is 0 Å². The predicted octanol–water partition coefficient (Wildman–Crippen LogP) is 2.78. The summed E-state index contributed by atoms with van der Waals surface area (Å²) in [6.07, 6.45) is 2.47. The summed E-state index contributed by atoms with van der Waals surface area (Å²) < 4.78 is 7.05. The first-order chi connectivity index (χ1) is 16.4. The van der Waals surface area contributed by atoms with E-state index >= 15 is 0 Å². The number of hydrogen-bond acceptors (Lipinski definition) is 7. The second-order valence-electron chi connectivity index (χ2n) is 8.36. The van der Waals surface area contributed by atoms with E-state index in [9.17, 15) is 9.59 Å². The Morgan fingerprint density at radius 3 is 2.50 bits per heavy atom. The molecule has 0 aliphatic carbocycles. The average molecular weight is 485 g/mol. The third kappa shape index (κ3) is 5.05. The lowest BCUT2D eigenvalue weighted by molar-refractivity contribution is -0.151. The smallest absolute Gasteiger partial charge is 0.328 e. The van der Waals surface area contributed by atoms with Crippen molar-refractivity contribution in [3.05, 3.63) is 58.1 Å². The molecular formula is C24H29ClN6O3. The SMILES string of the molecule is CCOC(=O)[C@@H](c1ccc(Cl)cc1)N1CCN(C(=O)CCc2c(C)nc3ncnn3c2C)CC1. The van der Waals surface area contributed by atoms with Gasteiger partial charge in [-0.05, 0) is 50.5 Å². The van der Waals surface area contributed by atoms with Gasteiger partial charge < -0.3 is 9.64 Å². The number of esters is 1. The van der Waals surface area contributed by atoms with Gasteiger partial charge in [0.05, 0.1) is 6.61 Å². The van der Waals surface area contributed by atoms with Crippen molar-refractivity contribution in [1.82, 2.24) is 29.4 Å². The van der Waals surface area contributed by atoms with E-state index in [4.69, 9.17) is 16.3 Å². The number of halogens is 1. The normalized spacial score (nSPS) is 15.5. The first-order valence-corrected chi connectivity index (χ1v) is 11.9. The van der Waals surface area contributed by atoms with Gasteiger partial charge in [-0.1, -0.05) is 23.7 Å². The molecule has 1 saturated heterocycles. The van der Waals surface area contributed by atoms with E-state index in [1.165, 1.54) is 6.33 Å². The van der Waals surface area contributed by atoms with Gasteiger partial charge in [-0.25, -0.2) is 14.3 Å². The fourth-order valence-electron chi connectivity index (χ4n) is 4.50. The van der Waals surface area contributed by atoms with Crippen LogP contribution in [0.4, 0.5) is 0 Å². The Hall–Kier alpha value is -3.04. The van der Waals surface area contributed by atoms with Crippen LogP contribution in [0.15, 0.2) is 30.6 Å². The Labute approximate surface area is 203 Å². The topological polar surface area (TPSA) is 92.9 Å². The molecule has 1 amide bonds. The van der Waals surface area contributed by atoms with Crippen LogP contribution < -0.4 is 0 Å². The van der Waals surface area contributed by atoms with Crippen LogP contribution in [0, 0.1) is 13.8 Å². The highest BCUT2D eigenvalue weighted by Gasteiger charge is 2.32. The molecule has 0 saturated carbocycles. The lowest BCUT2D eigenvalue weighted by atomic mass is 10.0. The zero-order valence-electron chi connectivity index (χ0n) is 19.7. The zero-order valence-corrected chi connectivity index (χ0v) is 20.5. The fraction of sp³-hybridized carbons (Fsp3) is 0.458. The standard InChI is InChI=1S/C24H29ClN6O3/c1-4-34-23(33)22(18-5-7-19(25)8-6-18)30-13-11-29(12-14-30)21(32)10-9-20-16(2)28-24-26-15-27-31(24)17(20)3/h5-8,15,22H,4,9-14H2,1-3H3/t22-/m1/s1. The first kappa shape index (κ1) is 24.1. The van der Waals surface area contributed by atoms with Gasteiger partial charge in [-0.2, -0.15) is 10.1 Å². The molecule has 10 heteroatoms. The Kier molecular flexibility index (Phi) is 7.43. The van der Waals surface area contributed by atoms with Crippen LogP contribution >= 0.6 is 11.6 Å². The number of ether oxygens (including phenoxy) is 1. The number of rotatable bonds is 7. The quantitative estimate of drug-likeness (QED) is 0.476. The van der Waals surface area contributed by atoms with Gasteiger partial charge in [0.15, 0.2) is 0 Å². The van der Waals surface area contributed by atoms with Crippen molar-refractivity contribution in [3.63, 3.8) is 0 Å². The molecular weight excluding hydrogens is 456 g/mol. The minimum atomic E-state index is -0.514. The maximum atomic E-state index is 13.0. The molecule has 1 atom stereocenters. The second-order valence-corrected chi connectivity index (χ2v) is 8.79. The number of fused-ring (bicyclic) bond motifs is 1. The van der Waals surface area contributed by atoms with Gasteiger partial charge in [-0.3, -0.25) is 9.69 Å². The molecule has 1 fully saturated rings. The molecule has 180 valence electrons. The highest BCUT2D eigenvalue weighted by Crippen LogP contribution is 2.26. The van der Waals surface area contributed by atoms with E-state index in [0.717, 1.165) is 22.5 Å². The summed E-state index contributed by atoms with van der Waals surface area (Å²) in [5.41, 5.74) is 3.69. The van der Waals surface area contributed by atoms with E-state index in [1.807, 2.05) is 30.9 Å². The molecule has 0 spiro atoms. The summed E-state index contributed by atoms with van der Waals surface area (Å²) in [4.78, 5) is 38.3. The molecule has 34 heavy (non-hydrogen) atoms. The van der Waals surface area contributed by atoms with Crippen LogP contribution in [0.1, 0.15) is 41.9 Å². The maximum Gasteiger partial charge on any atom is 0.328 e. The Morgan fingerprint density at radius 1 is 1.12 bits per heavy atom. The molecule has 1 aliphatic heterocycles. The predicted molar refractivity (Wildman–Crippen MR) is 128 cm³/mol. The van der Waals surface area contributed by atoms with Gasteiger partial charge in [0.25, 0.3) is 5.78 Å². The average Bonchev–Trinajstić information content (AvgIpc) is 3.29. The number of carbonyl (C=O) groups is 2. The molecule has 0 radical (unpaired) electrons. The number of aryl methyl sites for hydroxylation is 2. The molecule has 1 aromatic carbocycles. The number of amides is 1. The monoisotopic (exact) mass is 484 g/mol. The molecule has 0 bridgehead atoms. The van der Waals surface area contributed by atoms with Crippen LogP contribution in [0.2, 0.25) is 5.02 Å². The third-order valence-electron chi connectivity index (χ3n) is 6.31. The van der Waals surface area contributed by atoms with Gasteiger partial charge in [0, 0.05) is 49.0 Å². The van der Waals surface area contributed by atoms with Gasteiger partial charge >= 0.3 is 5.97 Å². The molecule has 2 aromatic heterocycles. The number of aromatic nitrogens is 4. The molecule has 3 aromatic rings. The maximum absolute atomic E-state index is 13.0. The van der Waals surface area contributed by atoms with E-state index in [1.54, 1.807) is 23.6 Å². The highest BCUT2D eigenvalue weighted by atomic mass is 35.5. The van der Waals surface area contributed by atoms with Gasteiger partial charge in [0.1, 0.15) is 12.4 Å². The molecule has 3 heterocycles. The Balaban J connectivity index is 1.39. The minimum Gasteiger partial charge on any atom is -0.465 e. The van der Waals surface area contributed by atoms with Gasteiger partial charge in [0.2, 0.25) is 5.91 Å². The van der Waals surface area contributed by atoms with Crippen molar-refractivity contribution in [3.8, 4) is 0 Å². The fourth-order valence-corrected chi connectivity index (χ4v) is 4.62. The number of nitrogens with zero attached hydrogens (tertiary/aromatic N) is 6. The van der Waals surface area contributed by atoms with E-state index in [2.05, 4.69) is 20.0 Å². The molecule has 0 N–H and O–H groups in total. The first-order valence-electron chi connectivity index (χ1n) is 11.5. The number of carbonyl (C=O) groups excluding carboxylic acids is 2. The molecule has 0 unspecified atom stereocenters. The minimum absolute atomic E-state index is 0.0938. The van der Waals surface area contributed by atoms with E-state index in [0.29, 0.717) is 56.4 Å². The van der Waals surface area contributed by atoms with Crippen molar-refractivity contribution < 1.29 is 14.3 Å². The Morgan fingerprint density at radius 2 is 1.82 bits per heavy atom. The summed E-state index contributed by atoms with van der Waals surface area (Å²) in [6, 6.07) is 6.75. The molecule has 1 aliphatic rings. The number of benzene rings is 1. The lowest BCUT2D eigenvalue weighted by Gasteiger charge is -2.38. The zero-order chi connectivity index (χ0) is 24.2. The summed E-state index contributed by atoms with van der Waals surface area (Å²) >= 11 is 6.03. The Bertz CT molecular complexity index is 1170. The number of piperazine rings is 1. The molecule has 4 rings (SSSR count). The van der Waals surface area contributed by atoms with Crippen LogP contribution in [0.5, 0.6) is 0 Å². The van der Waals surface area contributed by atoms with Crippen LogP contribution in [0.3, 0.4) is 0 Å². The summed E-state index contributed by atoms with van der Waals surface area (Å²) in [6.45, 7) is 8.31. The summed E-state index contributed by atoms with van der Waals surface area (Å²) in [5.74, 6) is 0.376. The summed E-state index contributed by atoms with van der Waals surface area (Å²) in [5, 5.41) is 4.83. The molecule has 9 nitrogen and oxygen atoms in total. The van der Waals surface area contributed by atoms with Crippen LogP contribution in [-0.2, 0) is 20.7 Å². The van der Waals surface area contributed by atoms with Crippen LogP contribution in [0.25, 0.3) is 5.78 Å². The van der Waals surface area contributed by atoms with Crippen LogP contribution in [-0.4, -0.2) is 74.0 Å². The third-order valence-corrected chi connectivity index (χ3v) is 6.56. The summed E-state index contributed by atoms with van der Waals surface area (Å²) in [7, 11) is 0. The second kappa shape index (κ2) is 10.5. The highest BCUT2D eigenvalue weighted by molar-refractivity contribution is 6.30. The van der Waals surface area contributed by atoms with Gasteiger partial charge in [-0.15, -0.1) is 0 Å². The number of hydrogen-bond donors (Lipinski definition) is 0. The van der Waals surface area contributed by atoms with Crippen molar-refractivity contribution in [2.75, 3.05) is 32.8 Å².